The summed E-state index contributed by atoms with van der Waals surface area (Å²) in [6.07, 6.45) is 1.43. The molecule has 3 rings (SSSR count). The van der Waals surface area contributed by atoms with Gasteiger partial charge in [0.05, 0.1) is 38.2 Å². The number of rotatable bonds is 13. The van der Waals surface area contributed by atoms with Crippen LogP contribution in [0, 0.1) is 0 Å². The maximum atomic E-state index is 12.7. The Bertz CT molecular complexity index is 1340. The van der Waals surface area contributed by atoms with E-state index in [2.05, 4.69) is 25.9 Å². The first kappa shape index (κ1) is 30.9. The predicted octanol–water partition coefficient (Wildman–Crippen LogP) is 2.52. The first-order chi connectivity index (χ1) is 19.8. The number of benzene rings is 2. The standard InChI is InChI=1S/C28H32N4O8S/c1-5-37-22-13-18(11-12-21(22)40-16-24(34)36-4)14-29-32-23(33)15-39-20-10-8-7-9-19(20)26-25(27(35)38-6-2)17(3)30-28(41)31-26/h7-14,26H,5-6,15-16H2,1-4H3,(H,32,33)(H2,30,31,41)/t26-/m0/s1. The average Bonchev–Trinajstić information content (AvgIpc) is 2.95. The Morgan fingerprint density at radius 3 is 2.49 bits per heavy atom. The molecule has 12 nitrogen and oxygen atoms in total. The number of methoxy groups -OCH3 is 1. The smallest absolute Gasteiger partial charge is 0.343 e. The van der Waals surface area contributed by atoms with Crippen molar-refractivity contribution in [3.8, 4) is 17.2 Å². The van der Waals surface area contributed by atoms with Gasteiger partial charge >= 0.3 is 11.9 Å². The summed E-state index contributed by atoms with van der Waals surface area (Å²) in [5.74, 6) is -0.366. The van der Waals surface area contributed by atoms with Crippen molar-refractivity contribution in [1.82, 2.24) is 16.1 Å². The molecule has 0 radical (unpaired) electrons. The summed E-state index contributed by atoms with van der Waals surface area (Å²) < 4.78 is 26.6. The van der Waals surface area contributed by atoms with Crippen molar-refractivity contribution < 1.29 is 38.1 Å². The van der Waals surface area contributed by atoms with Crippen LogP contribution in [-0.4, -0.2) is 62.7 Å². The van der Waals surface area contributed by atoms with E-state index in [9.17, 15) is 14.4 Å². The SMILES string of the molecule is CCOC(=O)C1=C(C)NC(=S)N[C@H]1c1ccccc1OCC(=O)NN=Cc1ccc(OCC(=O)OC)c(OCC)c1. The van der Waals surface area contributed by atoms with Gasteiger partial charge in [-0.3, -0.25) is 4.79 Å². The number of thiocarbonyl (C=S) groups is 1. The second kappa shape index (κ2) is 15.2. The molecule has 41 heavy (non-hydrogen) atoms. The minimum atomic E-state index is -0.640. The Kier molecular flexibility index (Phi) is 11.5. The molecule has 0 aliphatic carbocycles. The maximum absolute atomic E-state index is 12.7. The molecule has 0 fully saturated rings. The molecule has 1 atom stereocenters. The number of carbonyl (C=O) groups is 3. The zero-order chi connectivity index (χ0) is 29.8. The highest BCUT2D eigenvalue weighted by Crippen LogP contribution is 2.33. The molecule has 0 bridgehead atoms. The van der Waals surface area contributed by atoms with Crippen LogP contribution >= 0.6 is 12.2 Å². The molecule has 0 aromatic heterocycles. The fourth-order valence-corrected chi connectivity index (χ4v) is 4.07. The van der Waals surface area contributed by atoms with E-state index >= 15 is 0 Å². The number of allylic oxidation sites excluding steroid dienone is 1. The second-order valence-corrected chi connectivity index (χ2v) is 8.82. The molecule has 1 aliphatic heterocycles. The number of hydrazone groups is 1. The maximum Gasteiger partial charge on any atom is 0.343 e. The summed E-state index contributed by atoms with van der Waals surface area (Å²) >= 11 is 5.30. The number of hydrogen-bond acceptors (Lipinski definition) is 10. The molecule has 2 aromatic carbocycles. The topological polar surface area (TPSA) is 146 Å². The van der Waals surface area contributed by atoms with Crippen LogP contribution in [0.3, 0.4) is 0 Å². The van der Waals surface area contributed by atoms with Crippen molar-refractivity contribution in [3.63, 3.8) is 0 Å². The zero-order valence-electron chi connectivity index (χ0n) is 23.1. The molecular formula is C28H32N4O8S. The lowest BCUT2D eigenvalue weighted by Crippen LogP contribution is -2.45. The summed E-state index contributed by atoms with van der Waals surface area (Å²) in [6.45, 7) is 5.26. The van der Waals surface area contributed by atoms with Crippen molar-refractivity contribution >= 4 is 41.4 Å². The van der Waals surface area contributed by atoms with E-state index in [0.29, 0.717) is 51.4 Å². The van der Waals surface area contributed by atoms with Crippen LogP contribution in [0.5, 0.6) is 17.2 Å². The van der Waals surface area contributed by atoms with E-state index < -0.39 is 23.9 Å². The Morgan fingerprint density at radius 2 is 1.76 bits per heavy atom. The molecule has 0 saturated heterocycles. The predicted molar refractivity (Wildman–Crippen MR) is 154 cm³/mol. The first-order valence-electron chi connectivity index (χ1n) is 12.7. The normalized spacial score (nSPS) is 14.5. The van der Waals surface area contributed by atoms with Gasteiger partial charge in [-0.1, -0.05) is 18.2 Å². The van der Waals surface area contributed by atoms with E-state index in [0.717, 1.165) is 0 Å². The second-order valence-electron chi connectivity index (χ2n) is 8.41. The number of carbonyl (C=O) groups excluding carboxylic acids is 3. The van der Waals surface area contributed by atoms with Gasteiger partial charge < -0.3 is 34.3 Å². The van der Waals surface area contributed by atoms with Gasteiger partial charge in [-0.25, -0.2) is 15.0 Å². The van der Waals surface area contributed by atoms with Crippen molar-refractivity contribution in [2.24, 2.45) is 5.10 Å². The Hall–Kier alpha value is -4.65. The quantitative estimate of drug-likeness (QED) is 0.138. The highest BCUT2D eigenvalue weighted by molar-refractivity contribution is 7.80. The number of para-hydroxylation sites is 1. The van der Waals surface area contributed by atoms with Gasteiger partial charge in [0.15, 0.2) is 29.8 Å². The molecular weight excluding hydrogens is 552 g/mol. The van der Waals surface area contributed by atoms with Crippen LogP contribution in [0.4, 0.5) is 0 Å². The molecule has 0 spiro atoms. The molecule has 2 aromatic rings. The third-order valence-electron chi connectivity index (χ3n) is 5.60. The molecule has 218 valence electrons. The molecule has 0 unspecified atom stereocenters. The number of nitrogens with one attached hydrogen (secondary N) is 3. The molecule has 1 aliphatic rings. The summed E-state index contributed by atoms with van der Waals surface area (Å²) in [7, 11) is 1.27. The van der Waals surface area contributed by atoms with Crippen LogP contribution < -0.4 is 30.3 Å². The monoisotopic (exact) mass is 584 g/mol. The zero-order valence-corrected chi connectivity index (χ0v) is 24.0. The van der Waals surface area contributed by atoms with E-state index in [-0.39, 0.29) is 19.8 Å². The van der Waals surface area contributed by atoms with Crippen LogP contribution in [0.1, 0.15) is 37.9 Å². The number of amides is 1. The fraction of sp³-hybridized carbons (Fsp3) is 0.321. The average molecular weight is 585 g/mol. The third-order valence-corrected chi connectivity index (χ3v) is 5.82. The van der Waals surface area contributed by atoms with Crippen LogP contribution in [0.15, 0.2) is 58.8 Å². The molecule has 0 saturated carbocycles. The van der Waals surface area contributed by atoms with Gasteiger partial charge in [0.1, 0.15) is 5.75 Å². The Labute approximate surface area is 243 Å². The van der Waals surface area contributed by atoms with E-state index in [1.54, 1.807) is 56.3 Å². The van der Waals surface area contributed by atoms with Crippen LogP contribution in [0.2, 0.25) is 0 Å². The molecule has 1 amide bonds. The van der Waals surface area contributed by atoms with Gasteiger partial charge in [-0.2, -0.15) is 5.10 Å². The summed E-state index contributed by atoms with van der Waals surface area (Å²) in [4.78, 5) is 36.6. The minimum Gasteiger partial charge on any atom is -0.490 e. The molecule has 3 N–H and O–H groups in total. The van der Waals surface area contributed by atoms with Crippen LogP contribution in [0.25, 0.3) is 0 Å². The van der Waals surface area contributed by atoms with E-state index in [4.69, 9.17) is 31.2 Å². The first-order valence-corrected chi connectivity index (χ1v) is 13.1. The minimum absolute atomic E-state index is 0.214. The largest absolute Gasteiger partial charge is 0.490 e. The van der Waals surface area contributed by atoms with Crippen molar-refractivity contribution in [1.29, 1.82) is 0 Å². The molecule has 13 heteroatoms. The van der Waals surface area contributed by atoms with Gasteiger partial charge in [0.2, 0.25) is 0 Å². The Balaban J connectivity index is 1.66. The lowest BCUT2D eigenvalue weighted by atomic mass is 9.95. The highest BCUT2D eigenvalue weighted by Gasteiger charge is 2.32. The number of nitrogens with zero attached hydrogens (tertiary/aromatic N) is 1. The fourth-order valence-electron chi connectivity index (χ4n) is 3.80. The van der Waals surface area contributed by atoms with Crippen molar-refractivity contribution in [2.75, 3.05) is 33.5 Å². The van der Waals surface area contributed by atoms with E-state index in [1.807, 2.05) is 6.92 Å². The number of esters is 2. The highest BCUT2D eigenvalue weighted by atomic mass is 32.1. The summed E-state index contributed by atoms with van der Waals surface area (Å²) in [5, 5.41) is 10.4. The lowest BCUT2D eigenvalue weighted by molar-refractivity contribution is -0.143. The lowest BCUT2D eigenvalue weighted by Gasteiger charge is -2.30. The van der Waals surface area contributed by atoms with Crippen molar-refractivity contribution in [2.45, 2.75) is 26.8 Å². The van der Waals surface area contributed by atoms with E-state index in [1.165, 1.54) is 13.3 Å². The van der Waals surface area contributed by atoms with Gasteiger partial charge in [0, 0.05) is 11.3 Å². The summed E-state index contributed by atoms with van der Waals surface area (Å²) in [6, 6.07) is 11.3. The number of ether oxygens (including phenoxy) is 5. The Morgan fingerprint density at radius 1 is 1.00 bits per heavy atom. The van der Waals surface area contributed by atoms with Crippen molar-refractivity contribution in [3.05, 3.63) is 64.9 Å². The van der Waals surface area contributed by atoms with Gasteiger partial charge in [-0.05, 0) is 62.8 Å². The molecule has 1 heterocycles. The van der Waals surface area contributed by atoms with Gasteiger partial charge in [-0.15, -0.1) is 0 Å². The summed E-state index contributed by atoms with van der Waals surface area (Å²) in [5.41, 5.74) is 4.56. The van der Waals surface area contributed by atoms with Gasteiger partial charge in [0.25, 0.3) is 5.91 Å². The number of hydrogen-bond donors (Lipinski definition) is 3. The van der Waals surface area contributed by atoms with Crippen LogP contribution in [-0.2, 0) is 23.9 Å². The third kappa shape index (κ3) is 8.67.